The Morgan fingerprint density at radius 3 is 1.31 bits per heavy atom. The molecule has 0 aliphatic heterocycles. The standard InChI is InChI=1S/C8H16N4O4/c1-7(2,5(13)9-15)11-12-8(3,4)6(14)10-16/h15-16H,1-4H3,(H,9,13)(H,10,14). The van der Waals surface area contributed by atoms with Gasteiger partial charge in [0.25, 0.3) is 11.8 Å². The van der Waals surface area contributed by atoms with Crippen molar-refractivity contribution in [2.45, 2.75) is 38.8 Å². The van der Waals surface area contributed by atoms with Gasteiger partial charge in [-0.2, -0.15) is 10.2 Å². The molecule has 0 fully saturated rings. The Kier molecular flexibility index (Phi) is 4.51. The van der Waals surface area contributed by atoms with Crippen LogP contribution in [0.25, 0.3) is 0 Å². The lowest BCUT2D eigenvalue weighted by atomic mass is 10.1. The monoisotopic (exact) mass is 232 g/mol. The largest absolute Gasteiger partial charge is 0.289 e. The zero-order valence-corrected chi connectivity index (χ0v) is 9.61. The maximum atomic E-state index is 11.1. The molecule has 0 aliphatic carbocycles. The molecule has 0 aromatic carbocycles. The van der Waals surface area contributed by atoms with Crippen molar-refractivity contribution in [1.82, 2.24) is 11.0 Å². The van der Waals surface area contributed by atoms with E-state index in [0.717, 1.165) is 0 Å². The molecule has 0 aromatic rings. The molecule has 0 aromatic heterocycles. The first kappa shape index (κ1) is 14.5. The van der Waals surface area contributed by atoms with Gasteiger partial charge in [0.2, 0.25) is 0 Å². The van der Waals surface area contributed by atoms with Crippen molar-refractivity contribution in [2.24, 2.45) is 10.2 Å². The normalized spacial score (nSPS) is 12.6. The average molecular weight is 232 g/mol. The summed E-state index contributed by atoms with van der Waals surface area (Å²) in [5, 5.41) is 24.2. The Morgan fingerprint density at radius 1 is 0.875 bits per heavy atom. The van der Waals surface area contributed by atoms with Crippen LogP contribution in [0.2, 0.25) is 0 Å². The highest BCUT2D eigenvalue weighted by Crippen LogP contribution is 2.15. The zero-order valence-electron chi connectivity index (χ0n) is 9.61. The van der Waals surface area contributed by atoms with Crippen molar-refractivity contribution < 1.29 is 20.0 Å². The quantitative estimate of drug-likeness (QED) is 0.309. The SMILES string of the molecule is CC(C)(N=NC(C)(C)C(=O)NO)C(=O)NO. The van der Waals surface area contributed by atoms with Gasteiger partial charge in [-0.3, -0.25) is 20.0 Å². The van der Waals surface area contributed by atoms with Crippen LogP contribution >= 0.6 is 0 Å². The van der Waals surface area contributed by atoms with Crippen LogP contribution < -0.4 is 11.0 Å². The predicted octanol–water partition coefficient (Wildman–Crippen LogP) is 0.00660. The molecule has 0 unspecified atom stereocenters. The van der Waals surface area contributed by atoms with Gasteiger partial charge in [-0.1, -0.05) is 0 Å². The number of azo groups is 1. The van der Waals surface area contributed by atoms with E-state index >= 15 is 0 Å². The van der Waals surface area contributed by atoms with Gasteiger partial charge in [-0.05, 0) is 27.7 Å². The van der Waals surface area contributed by atoms with Crippen LogP contribution in [0.5, 0.6) is 0 Å². The van der Waals surface area contributed by atoms with E-state index in [0.29, 0.717) is 0 Å². The number of carbonyl (C=O) groups excluding carboxylic acids is 2. The van der Waals surface area contributed by atoms with Crippen LogP contribution in [0.15, 0.2) is 10.2 Å². The predicted molar refractivity (Wildman–Crippen MR) is 52.9 cm³/mol. The van der Waals surface area contributed by atoms with E-state index in [1.54, 1.807) is 0 Å². The third kappa shape index (κ3) is 3.55. The Labute approximate surface area is 92.7 Å². The molecule has 0 saturated carbocycles. The fourth-order valence-corrected chi connectivity index (χ4v) is 0.614. The Hall–Kier alpha value is -1.54. The van der Waals surface area contributed by atoms with Crippen LogP contribution in [0.4, 0.5) is 0 Å². The smallest absolute Gasteiger partial charge is 0.272 e. The van der Waals surface area contributed by atoms with Crippen LogP contribution in [-0.4, -0.2) is 33.3 Å². The highest BCUT2D eigenvalue weighted by Gasteiger charge is 2.31. The molecule has 16 heavy (non-hydrogen) atoms. The summed E-state index contributed by atoms with van der Waals surface area (Å²) in [5.41, 5.74) is 0.277. The number of hydrogen-bond donors (Lipinski definition) is 4. The maximum absolute atomic E-state index is 11.1. The lowest BCUT2D eigenvalue weighted by molar-refractivity contribution is -0.135. The number of carbonyl (C=O) groups is 2. The number of rotatable bonds is 4. The van der Waals surface area contributed by atoms with Gasteiger partial charge in [0.05, 0.1) is 0 Å². The van der Waals surface area contributed by atoms with E-state index in [2.05, 4.69) is 10.2 Å². The maximum Gasteiger partial charge on any atom is 0.272 e. The molecule has 0 bridgehead atoms. The van der Waals surface area contributed by atoms with Crippen molar-refractivity contribution >= 4 is 11.8 Å². The lowest BCUT2D eigenvalue weighted by Gasteiger charge is -2.19. The van der Waals surface area contributed by atoms with Crippen molar-refractivity contribution in [3.63, 3.8) is 0 Å². The van der Waals surface area contributed by atoms with Gasteiger partial charge in [0.1, 0.15) is 0 Å². The lowest BCUT2D eigenvalue weighted by Crippen LogP contribution is -2.42. The summed E-state index contributed by atoms with van der Waals surface area (Å²) < 4.78 is 0. The molecule has 92 valence electrons. The molecule has 8 heteroatoms. The van der Waals surface area contributed by atoms with Crippen molar-refractivity contribution in [1.29, 1.82) is 0 Å². The van der Waals surface area contributed by atoms with Gasteiger partial charge in [0.15, 0.2) is 11.1 Å². The molecular formula is C8H16N4O4. The third-order valence-electron chi connectivity index (χ3n) is 1.86. The van der Waals surface area contributed by atoms with Crippen LogP contribution in [-0.2, 0) is 9.59 Å². The number of nitrogens with one attached hydrogen (secondary N) is 2. The number of hydroxylamine groups is 2. The van der Waals surface area contributed by atoms with Gasteiger partial charge >= 0.3 is 0 Å². The fourth-order valence-electron chi connectivity index (χ4n) is 0.614. The molecule has 4 N–H and O–H groups in total. The van der Waals surface area contributed by atoms with Gasteiger partial charge in [-0.25, -0.2) is 11.0 Å². The minimum atomic E-state index is -1.30. The minimum Gasteiger partial charge on any atom is -0.289 e. The molecule has 0 spiro atoms. The highest BCUT2D eigenvalue weighted by atomic mass is 16.5. The molecule has 8 nitrogen and oxygen atoms in total. The topological polar surface area (TPSA) is 123 Å². The second kappa shape index (κ2) is 4.99. The Bertz CT molecular complexity index is 281. The van der Waals surface area contributed by atoms with Crippen LogP contribution in [0, 0.1) is 0 Å². The minimum absolute atomic E-state index is 0.753. The molecule has 2 amide bonds. The molecule has 0 heterocycles. The average Bonchev–Trinajstić information content (AvgIpc) is 2.24. The van der Waals surface area contributed by atoms with E-state index in [9.17, 15) is 9.59 Å². The zero-order chi connectivity index (χ0) is 13.0. The van der Waals surface area contributed by atoms with E-state index < -0.39 is 22.9 Å². The molecule has 0 aliphatic rings. The van der Waals surface area contributed by atoms with Gasteiger partial charge in [0, 0.05) is 0 Å². The summed E-state index contributed by atoms with van der Waals surface area (Å²) in [4.78, 5) is 22.3. The first-order chi connectivity index (χ1) is 7.17. The summed E-state index contributed by atoms with van der Waals surface area (Å²) in [6, 6.07) is 0. The van der Waals surface area contributed by atoms with Gasteiger partial charge < -0.3 is 0 Å². The second-order valence-electron chi connectivity index (χ2n) is 4.20. The first-order valence-electron chi connectivity index (χ1n) is 4.50. The number of hydrogen-bond acceptors (Lipinski definition) is 6. The fraction of sp³-hybridized carbons (Fsp3) is 0.750. The Balaban J connectivity index is 4.84. The highest BCUT2D eigenvalue weighted by molar-refractivity contribution is 5.85. The molecular weight excluding hydrogens is 216 g/mol. The van der Waals surface area contributed by atoms with E-state index in [4.69, 9.17) is 10.4 Å². The molecule has 0 saturated heterocycles. The first-order valence-corrected chi connectivity index (χ1v) is 4.50. The van der Waals surface area contributed by atoms with E-state index in [1.165, 1.54) is 38.7 Å². The summed E-state index contributed by atoms with van der Waals surface area (Å²) in [5.74, 6) is -1.51. The van der Waals surface area contributed by atoms with E-state index in [-0.39, 0.29) is 0 Å². The van der Waals surface area contributed by atoms with E-state index in [1.807, 2.05) is 0 Å². The summed E-state index contributed by atoms with van der Waals surface area (Å²) in [6.45, 7) is 5.65. The number of amides is 2. The molecule has 0 rings (SSSR count). The summed E-state index contributed by atoms with van der Waals surface area (Å²) in [7, 11) is 0. The number of nitrogens with zero attached hydrogens (tertiary/aromatic N) is 2. The van der Waals surface area contributed by atoms with Crippen molar-refractivity contribution in [3.8, 4) is 0 Å². The second-order valence-corrected chi connectivity index (χ2v) is 4.20. The molecule has 0 radical (unpaired) electrons. The van der Waals surface area contributed by atoms with Gasteiger partial charge in [-0.15, -0.1) is 0 Å². The Morgan fingerprint density at radius 2 is 1.12 bits per heavy atom. The molecule has 0 atom stereocenters. The van der Waals surface area contributed by atoms with Crippen molar-refractivity contribution in [2.75, 3.05) is 0 Å². The van der Waals surface area contributed by atoms with Crippen molar-refractivity contribution in [3.05, 3.63) is 0 Å². The summed E-state index contributed by atoms with van der Waals surface area (Å²) >= 11 is 0. The van der Waals surface area contributed by atoms with Crippen LogP contribution in [0.3, 0.4) is 0 Å². The van der Waals surface area contributed by atoms with Crippen LogP contribution in [0.1, 0.15) is 27.7 Å². The third-order valence-corrected chi connectivity index (χ3v) is 1.86. The summed E-state index contributed by atoms with van der Waals surface area (Å²) in [6.07, 6.45) is 0.